The summed E-state index contributed by atoms with van der Waals surface area (Å²) in [5.74, 6) is -1.35. The van der Waals surface area contributed by atoms with Gasteiger partial charge in [-0.3, -0.25) is 9.59 Å². The van der Waals surface area contributed by atoms with E-state index in [1.807, 2.05) is 0 Å². The van der Waals surface area contributed by atoms with Crippen molar-refractivity contribution >= 4 is 11.9 Å². The average Bonchev–Trinajstić information content (AvgIpc) is 2.38. The molecule has 0 rings (SSSR count). The van der Waals surface area contributed by atoms with Gasteiger partial charge in [-0.25, -0.2) is 0 Å². The standard InChI is InChI=1S/2C5H9O3.2C3H8O.Ti/c2*1-3-8-5(7)4(2)6;2*1-3(2)4;/h2*4,6H,2-3H2,1H3;2*3-4H,1-2H3;/q2*-1;;;+2. The van der Waals surface area contributed by atoms with E-state index in [9.17, 15) is 9.59 Å². The number of esters is 2. The first kappa shape index (κ1) is 35.6. The Labute approximate surface area is 166 Å². The molecule has 0 aromatic rings. The van der Waals surface area contributed by atoms with E-state index in [0.717, 1.165) is 0 Å². The summed E-state index contributed by atoms with van der Waals surface area (Å²) in [5.41, 5.74) is 0. The Hall–Kier alpha value is -0.506. The van der Waals surface area contributed by atoms with Gasteiger partial charge in [0.2, 0.25) is 0 Å². The topological polar surface area (TPSA) is 134 Å². The second-order valence-corrected chi connectivity index (χ2v) is 4.72. The predicted octanol–water partition coefficient (Wildman–Crippen LogP) is 0.261. The summed E-state index contributed by atoms with van der Waals surface area (Å²) in [7, 11) is 0. The average molecular weight is 402 g/mol. The monoisotopic (exact) mass is 402 g/mol. The van der Waals surface area contributed by atoms with Crippen LogP contribution < -0.4 is 0 Å². The molecule has 4 N–H and O–H groups in total. The molecule has 0 fully saturated rings. The molecule has 0 aliphatic carbocycles. The van der Waals surface area contributed by atoms with Crippen molar-refractivity contribution < 1.29 is 61.2 Å². The number of hydrogen-bond donors (Lipinski definition) is 4. The van der Waals surface area contributed by atoms with Crippen molar-refractivity contribution in [2.75, 3.05) is 13.2 Å². The van der Waals surface area contributed by atoms with Gasteiger partial charge in [0.25, 0.3) is 0 Å². The number of carbonyl (C=O) groups is 2. The maximum Gasteiger partial charge on any atom is 2.00 e. The quantitative estimate of drug-likeness (QED) is 0.299. The van der Waals surface area contributed by atoms with Crippen molar-refractivity contribution in [2.45, 2.75) is 66.0 Å². The van der Waals surface area contributed by atoms with Gasteiger partial charge in [0, 0.05) is 24.4 Å². The molecule has 0 amide bonds. The van der Waals surface area contributed by atoms with Gasteiger partial charge >= 0.3 is 33.7 Å². The van der Waals surface area contributed by atoms with E-state index in [1.165, 1.54) is 0 Å². The zero-order valence-electron chi connectivity index (χ0n) is 16.1. The first-order valence-corrected chi connectivity index (χ1v) is 7.54. The van der Waals surface area contributed by atoms with Crippen LogP contribution in [0.25, 0.3) is 0 Å². The first-order valence-electron chi connectivity index (χ1n) is 7.54. The fourth-order valence-corrected chi connectivity index (χ4v) is 0.477. The Bertz CT molecular complexity index is 248. The number of hydrogen-bond acceptors (Lipinski definition) is 8. The van der Waals surface area contributed by atoms with Crippen LogP contribution in [0.3, 0.4) is 0 Å². The Morgan fingerprint density at radius 2 is 0.920 bits per heavy atom. The zero-order chi connectivity index (χ0) is 20.3. The predicted molar refractivity (Wildman–Crippen MR) is 90.7 cm³/mol. The fourth-order valence-electron chi connectivity index (χ4n) is 0.477. The second kappa shape index (κ2) is 25.7. The molecule has 2 atom stereocenters. The normalized spacial score (nSPS) is 11.1. The SMILES string of the molecule is CC(C)O.CC(C)O.[CH2-]C(O)C(=O)OCC.[CH2-]C(O)C(=O)OCC.[Ti+2]. The van der Waals surface area contributed by atoms with Gasteiger partial charge in [0.1, 0.15) is 0 Å². The number of carbonyl (C=O) groups excluding carboxylic acids is 2. The molecule has 9 heteroatoms. The molecular weight excluding hydrogens is 368 g/mol. The molecule has 2 unspecified atom stereocenters. The molecule has 25 heavy (non-hydrogen) atoms. The Morgan fingerprint density at radius 3 is 0.960 bits per heavy atom. The van der Waals surface area contributed by atoms with Crippen molar-refractivity contribution in [3.8, 4) is 0 Å². The van der Waals surface area contributed by atoms with E-state index in [0.29, 0.717) is 0 Å². The van der Waals surface area contributed by atoms with Crippen LogP contribution >= 0.6 is 0 Å². The van der Waals surface area contributed by atoms with Crippen molar-refractivity contribution in [1.82, 2.24) is 0 Å². The van der Waals surface area contributed by atoms with Crippen molar-refractivity contribution in [1.29, 1.82) is 0 Å². The van der Waals surface area contributed by atoms with Crippen molar-refractivity contribution in [3.05, 3.63) is 13.8 Å². The van der Waals surface area contributed by atoms with Gasteiger partial charge in [-0.2, -0.15) is 0 Å². The third-order valence-electron chi connectivity index (χ3n) is 1.12. The summed E-state index contributed by atoms with van der Waals surface area (Å²) >= 11 is 0. The van der Waals surface area contributed by atoms with Gasteiger partial charge < -0.3 is 43.7 Å². The van der Waals surface area contributed by atoms with Crippen molar-refractivity contribution in [3.63, 3.8) is 0 Å². The van der Waals surface area contributed by atoms with E-state index in [1.54, 1.807) is 41.5 Å². The minimum Gasteiger partial charge on any atom is -0.466 e. The van der Waals surface area contributed by atoms with E-state index in [4.69, 9.17) is 20.4 Å². The Kier molecular flexibility index (Phi) is 36.6. The minimum atomic E-state index is -1.24. The van der Waals surface area contributed by atoms with Crippen LogP contribution in [0.2, 0.25) is 0 Å². The van der Waals surface area contributed by atoms with Crippen LogP contribution in [0, 0.1) is 13.8 Å². The van der Waals surface area contributed by atoms with Gasteiger partial charge in [-0.15, -0.1) is 0 Å². The third-order valence-corrected chi connectivity index (χ3v) is 1.12. The number of rotatable bonds is 4. The molecule has 0 aliphatic rings. The largest absolute Gasteiger partial charge is 2.00 e. The summed E-state index contributed by atoms with van der Waals surface area (Å²) in [4.78, 5) is 20.4. The molecule has 0 aromatic heterocycles. The molecular formula is C16H34O8Ti. The van der Waals surface area contributed by atoms with Crippen LogP contribution in [-0.2, 0) is 40.8 Å². The molecule has 0 saturated heterocycles. The smallest absolute Gasteiger partial charge is 0.466 e. The maximum atomic E-state index is 10.2. The summed E-state index contributed by atoms with van der Waals surface area (Å²) in [6.07, 6.45) is -2.81. The molecule has 0 spiro atoms. The Balaban J connectivity index is -0.0000000739. The van der Waals surface area contributed by atoms with E-state index in [-0.39, 0.29) is 47.1 Å². The maximum absolute atomic E-state index is 10.2. The van der Waals surface area contributed by atoms with Crippen LogP contribution in [0.15, 0.2) is 0 Å². The fraction of sp³-hybridized carbons (Fsp3) is 0.750. The minimum absolute atomic E-state index is 0. The van der Waals surface area contributed by atoms with Gasteiger partial charge in [0.05, 0.1) is 13.2 Å². The molecule has 0 bridgehead atoms. The molecule has 0 heterocycles. The summed E-state index contributed by atoms with van der Waals surface area (Å²) in [5, 5.41) is 32.8. The first-order chi connectivity index (χ1) is 10.8. The van der Waals surface area contributed by atoms with Crippen LogP contribution in [0.4, 0.5) is 0 Å². The van der Waals surface area contributed by atoms with Gasteiger partial charge in [0.15, 0.2) is 0 Å². The number of ether oxygens (including phenoxy) is 2. The van der Waals surface area contributed by atoms with Crippen molar-refractivity contribution in [2.24, 2.45) is 0 Å². The third kappa shape index (κ3) is 59.6. The Morgan fingerprint density at radius 1 is 0.760 bits per heavy atom. The number of aliphatic hydroxyl groups excluding tert-OH is 4. The molecule has 8 nitrogen and oxygen atoms in total. The summed E-state index contributed by atoms with van der Waals surface area (Å²) in [6.45, 7) is 16.9. The molecule has 150 valence electrons. The van der Waals surface area contributed by atoms with E-state index < -0.39 is 24.1 Å². The van der Waals surface area contributed by atoms with Crippen LogP contribution in [-0.4, -0.2) is 70.0 Å². The van der Waals surface area contributed by atoms with E-state index >= 15 is 0 Å². The van der Waals surface area contributed by atoms with Gasteiger partial charge in [-0.05, 0) is 41.5 Å². The molecule has 0 aromatic carbocycles. The number of aliphatic hydroxyl groups is 4. The molecule has 0 saturated carbocycles. The zero-order valence-corrected chi connectivity index (χ0v) is 17.6. The second-order valence-electron chi connectivity index (χ2n) is 4.72. The van der Waals surface area contributed by atoms with E-state index in [2.05, 4.69) is 23.3 Å². The summed E-state index contributed by atoms with van der Waals surface area (Å²) in [6, 6.07) is 0. The van der Waals surface area contributed by atoms with Crippen LogP contribution in [0.1, 0.15) is 41.5 Å². The summed E-state index contributed by atoms with van der Waals surface area (Å²) < 4.78 is 8.70. The molecule has 0 radical (unpaired) electrons. The van der Waals surface area contributed by atoms with Gasteiger partial charge in [-0.1, -0.05) is 0 Å². The van der Waals surface area contributed by atoms with Crippen LogP contribution in [0.5, 0.6) is 0 Å². The molecule has 0 aliphatic heterocycles.